The fourth-order valence-electron chi connectivity index (χ4n) is 1.09. The molecule has 1 aromatic carbocycles. The summed E-state index contributed by atoms with van der Waals surface area (Å²) in [4.78, 5) is 9.18. The zero-order valence-electron chi connectivity index (χ0n) is 8.29. The summed E-state index contributed by atoms with van der Waals surface area (Å²) in [5.74, 6) is -1.25. The summed E-state index contributed by atoms with van der Waals surface area (Å²) < 4.78 is 48.7. The van der Waals surface area contributed by atoms with Gasteiger partial charge in [0.15, 0.2) is 0 Å². The number of halogens is 4. The first-order valence-electron chi connectivity index (χ1n) is 3.93. The van der Waals surface area contributed by atoms with E-state index in [9.17, 15) is 27.5 Å². The predicted octanol–water partition coefficient (Wildman–Crippen LogP) is -0.333. The average molecular weight is 261 g/mol. The summed E-state index contributed by atoms with van der Waals surface area (Å²) in [7, 11) is 0. The monoisotopic (exact) mass is 261 g/mol. The number of nitro benzene ring substituents is 1. The molecular weight excluding hydrogens is 256 g/mol. The maximum atomic E-state index is 12.9. The Morgan fingerprint density at radius 3 is 2.25 bits per heavy atom. The van der Waals surface area contributed by atoms with Crippen molar-refractivity contribution in [1.82, 2.24) is 0 Å². The SMILES string of the molecule is O=[N+]([O-])c1ccc(C[B-](F)(F)F)cc1F.[K+]. The van der Waals surface area contributed by atoms with Gasteiger partial charge in [0.25, 0.3) is 0 Å². The molecule has 0 saturated carbocycles. The Bertz CT molecular complexity index is 398. The molecule has 0 aromatic heterocycles. The molecule has 0 spiro atoms. The molecule has 0 heterocycles. The van der Waals surface area contributed by atoms with E-state index in [2.05, 4.69) is 0 Å². The quantitative estimate of drug-likeness (QED) is 0.323. The van der Waals surface area contributed by atoms with Crippen LogP contribution >= 0.6 is 0 Å². The topological polar surface area (TPSA) is 43.1 Å². The van der Waals surface area contributed by atoms with Gasteiger partial charge < -0.3 is 12.9 Å². The summed E-state index contributed by atoms with van der Waals surface area (Å²) in [6.07, 6.45) is -1.24. The Morgan fingerprint density at radius 2 is 1.88 bits per heavy atom. The molecule has 0 aliphatic carbocycles. The van der Waals surface area contributed by atoms with Crippen molar-refractivity contribution in [2.24, 2.45) is 0 Å². The molecule has 0 bridgehead atoms. The second kappa shape index (κ2) is 6.10. The Labute approximate surface area is 131 Å². The van der Waals surface area contributed by atoms with Gasteiger partial charge in [0.2, 0.25) is 5.82 Å². The minimum atomic E-state index is -5.06. The fraction of sp³-hybridized carbons (Fsp3) is 0.143. The van der Waals surface area contributed by atoms with Gasteiger partial charge in [-0.25, -0.2) is 0 Å². The molecule has 82 valence electrons. The number of rotatable bonds is 3. The molecule has 3 nitrogen and oxygen atoms in total. The molecule has 0 atom stereocenters. The van der Waals surface area contributed by atoms with Crippen LogP contribution in [0.3, 0.4) is 0 Å². The van der Waals surface area contributed by atoms with Crippen LogP contribution < -0.4 is 51.4 Å². The van der Waals surface area contributed by atoms with Gasteiger partial charge in [-0.1, -0.05) is 17.9 Å². The van der Waals surface area contributed by atoms with Crippen molar-refractivity contribution in [2.75, 3.05) is 0 Å². The number of hydrogen-bond donors (Lipinski definition) is 0. The molecule has 1 rings (SSSR count). The summed E-state index contributed by atoms with van der Waals surface area (Å²) in [6, 6.07) is 2.16. The van der Waals surface area contributed by atoms with Gasteiger partial charge in [-0.05, 0) is 6.07 Å². The molecule has 9 heteroatoms. The van der Waals surface area contributed by atoms with Crippen molar-refractivity contribution in [3.63, 3.8) is 0 Å². The molecule has 16 heavy (non-hydrogen) atoms. The van der Waals surface area contributed by atoms with Crippen molar-refractivity contribution in [2.45, 2.75) is 6.32 Å². The van der Waals surface area contributed by atoms with E-state index in [0.717, 1.165) is 12.1 Å². The van der Waals surface area contributed by atoms with Crippen LogP contribution in [0, 0.1) is 15.9 Å². The van der Waals surface area contributed by atoms with E-state index in [-0.39, 0.29) is 56.9 Å². The Morgan fingerprint density at radius 1 is 1.31 bits per heavy atom. The van der Waals surface area contributed by atoms with Gasteiger partial charge in [-0.3, -0.25) is 10.1 Å². The molecule has 0 aliphatic heterocycles. The van der Waals surface area contributed by atoms with Crippen LogP contribution in [0.25, 0.3) is 0 Å². The largest absolute Gasteiger partial charge is 1.00 e. The molecule has 1 aromatic rings. The van der Waals surface area contributed by atoms with Gasteiger partial charge in [0.1, 0.15) is 0 Å². The van der Waals surface area contributed by atoms with Gasteiger partial charge >= 0.3 is 64.0 Å². The number of nitrogens with zero attached hydrogens (tertiary/aromatic N) is 1. The average Bonchev–Trinajstić information content (AvgIpc) is 1.99. The van der Waals surface area contributed by atoms with Crippen LogP contribution in [-0.2, 0) is 6.32 Å². The summed E-state index contributed by atoms with van der Waals surface area (Å²) in [6.45, 7) is -5.06. The first-order chi connectivity index (χ1) is 6.79. The Kier molecular flexibility index (Phi) is 6.12. The molecule has 0 unspecified atom stereocenters. The van der Waals surface area contributed by atoms with Crippen molar-refractivity contribution in [1.29, 1.82) is 0 Å². The maximum absolute atomic E-state index is 12.9. The van der Waals surface area contributed by atoms with Gasteiger partial charge in [-0.2, -0.15) is 4.39 Å². The molecule has 0 N–H and O–H groups in total. The molecule has 0 aliphatic rings. The van der Waals surface area contributed by atoms with Crippen LogP contribution in [0.2, 0.25) is 0 Å². The minimum Gasteiger partial charge on any atom is -0.449 e. The Balaban J connectivity index is 0.00000225. The van der Waals surface area contributed by atoms with E-state index >= 15 is 0 Å². The zero-order chi connectivity index (χ0) is 11.6. The molecule has 0 amide bonds. The van der Waals surface area contributed by atoms with Crippen LogP contribution in [-0.4, -0.2) is 11.9 Å². The predicted molar refractivity (Wildman–Crippen MR) is 45.8 cm³/mol. The van der Waals surface area contributed by atoms with Crippen LogP contribution in [0.15, 0.2) is 18.2 Å². The fourth-order valence-corrected chi connectivity index (χ4v) is 1.09. The van der Waals surface area contributed by atoms with E-state index in [1.54, 1.807) is 0 Å². The summed E-state index contributed by atoms with van der Waals surface area (Å²) in [5, 5.41) is 10.2. The van der Waals surface area contributed by atoms with Crippen LogP contribution in [0.4, 0.5) is 23.0 Å². The van der Waals surface area contributed by atoms with Gasteiger partial charge in [0, 0.05) is 6.07 Å². The van der Waals surface area contributed by atoms with Crippen LogP contribution in [0.5, 0.6) is 0 Å². The van der Waals surface area contributed by atoms with Gasteiger partial charge in [-0.15, -0.1) is 0 Å². The Hall–Kier alpha value is 0.0413. The van der Waals surface area contributed by atoms with Crippen molar-refractivity contribution in [3.05, 3.63) is 39.7 Å². The van der Waals surface area contributed by atoms with E-state index in [1.807, 2.05) is 0 Å². The summed E-state index contributed by atoms with van der Waals surface area (Å²) in [5.41, 5.74) is -1.14. The molecule has 0 radical (unpaired) electrons. The molecule has 0 fully saturated rings. The first kappa shape index (κ1) is 16.0. The third-order valence-electron chi connectivity index (χ3n) is 1.68. The minimum absolute atomic E-state index is 0. The van der Waals surface area contributed by atoms with Crippen molar-refractivity contribution in [3.8, 4) is 0 Å². The smallest absolute Gasteiger partial charge is 0.449 e. The van der Waals surface area contributed by atoms with Crippen molar-refractivity contribution < 1.29 is 73.6 Å². The molecular formula is C7H5BF4KNO2. The van der Waals surface area contributed by atoms with E-state index < -0.39 is 29.7 Å². The standard InChI is InChI=1S/C7H5BF4NO2.K/c9-6-3-5(4-8(10,11)12)1-2-7(6)13(14)15;/h1-3H,4H2;/q-1;+1. The zero-order valence-corrected chi connectivity index (χ0v) is 11.4. The number of benzene rings is 1. The third-order valence-corrected chi connectivity index (χ3v) is 1.68. The van der Waals surface area contributed by atoms with Crippen LogP contribution in [0.1, 0.15) is 5.56 Å². The first-order valence-corrected chi connectivity index (χ1v) is 3.93. The van der Waals surface area contributed by atoms with E-state index in [0.29, 0.717) is 6.07 Å². The second-order valence-corrected chi connectivity index (χ2v) is 2.96. The number of nitro groups is 1. The van der Waals surface area contributed by atoms with E-state index in [1.165, 1.54) is 0 Å². The van der Waals surface area contributed by atoms with Gasteiger partial charge in [0.05, 0.1) is 4.92 Å². The molecule has 0 saturated heterocycles. The van der Waals surface area contributed by atoms with E-state index in [4.69, 9.17) is 0 Å². The number of hydrogen-bond acceptors (Lipinski definition) is 2. The maximum Gasteiger partial charge on any atom is 1.00 e. The normalized spacial score (nSPS) is 10.8. The summed E-state index contributed by atoms with van der Waals surface area (Å²) >= 11 is 0. The second-order valence-electron chi connectivity index (χ2n) is 2.96. The third kappa shape index (κ3) is 4.92. The van der Waals surface area contributed by atoms with Crippen molar-refractivity contribution >= 4 is 12.7 Å².